The van der Waals surface area contributed by atoms with E-state index in [0.717, 1.165) is 69.3 Å². The summed E-state index contributed by atoms with van der Waals surface area (Å²) in [6.45, 7) is 1.88. The number of halogens is 2. The van der Waals surface area contributed by atoms with Gasteiger partial charge in [-0.3, -0.25) is 0 Å². The van der Waals surface area contributed by atoms with Crippen LogP contribution in [0.25, 0.3) is 22.5 Å². The first-order valence-corrected chi connectivity index (χ1v) is 13.4. The molecule has 2 aromatic heterocycles. The monoisotopic (exact) mass is 584 g/mol. The van der Waals surface area contributed by atoms with Crippen LogP contribution in [0.5, 0.6) is 0 Å². The molecule has 0 unspecified atom stereocenters. The van der Waals surface area contributed by atoms with Crippen molar-refractivity contribution >= 4 is 43.8 Å². The molecular formula is C26H30Br2N6. The summed E-state index contributed by atoms with van der Waals surface area (Å²) < 4.78 is 2.16. The van der Waals surface area contributed by atoms with Gasteiger partial charge < -0.3 is 20.6 Å². The molecule has 0 amide bonds. The van der Waals surface area contributed by atoms with Crippen LogP contribution in [-0.2, 0) is 0 Å². The van der Waals surface area contributed by atoms with Gasteiger partial charge in [-0.05, 0) is 48.2 Å². The molecule has 0 saturated carbocycles. The number of imidazole rings is 2. The summed E-state index contributed by atoms with van der Waals surface area (Å²) in [4.78, 5) is 15.6. The lowest BCUT2D eigenvalue weighted by molar-refractivity contribution is 0.609. The Morgan fingerprint density at radius 3 is 1.35 bits per heavy atom. The summed E-state index contributed by atoms with van der Waals surface area (Å²) in [5.41, 5.74) is 4.33. The van der Waals surface area contributed by atoms with Gasteiger partial charge in [-0.1, -0.05) is 81.8 Å². The molecule has 0 atom stereocenters. The predicted molar refractivity (Wildman–Crippen MR) is 148 cm³/mol. The van der Waals surface area contributed by atoms with Gasteiger partial charge in [0, 0.05) is 22.0 Å². The van der Waals surface area contributed by atoms with Gasteiger partial charge in [0.2, 0.25) is 11.9 Å². The highest BCUT2D eigenvalue weighted by atomic mass is 79.9. The van der Waals surface area contributed by atoms with Gasteiger partial charge in [-0.2, -0.15) is 0 Å². The van der Waals surface area contributed by atoms with E-state index >= 15 is 0 Å². The number of unbranched alkanes of at least 4 members (excludes halogenated alkanes) is 5. The minimum absolute atomic E-state index is 0.838. The van der Waals surface area contributed by atoms with Gasteiger partial charge >= 0.3 is 0 Å². The number of hydrogen-bond acceptors (Lipinski definition) is 4. The van der Waals surface area contributed by atoms with Crippen molar-refractivity contribution in [2.24, 2.45) is 0 Å². The van der Waals surface area contributed by atoms with E-state index in [2.05, 4.69) is 86.7 Å². The second kappa shape index (κ2) is 12.8. The van der Waals surface area contributed by atoms with Crippen LogP contribution in [0.1, 0.15) is 38.5 Å². The van der Waals surface area contributed by atoms with Gasteiger partial charge in [0.25, 0.3) is 0 Å². The Bertz CT molecular complexity index is 1040. The number of benzene rings is 2. The number of anilines is 2. The number of nitrogens with zero attached hydrogens (tertiary/aromatic N) is 2. The van der Waals surface area contributed by atoms with Crippen LogP contribution in [0.3, 0.4) is 0 Å². The summed E-state index contributed by atoms with van der Waals surface area (Å²) in [7, 11) is 0. The van der Waals surface area contributed by atoms with E-state index in [4.69, 9.17) is 0 Å². The van der Waals surface area contributed by atoms with Crippen LogP contribution < -0.4 is 10.6 Å². The average Bonchev–Trinajstić information content (AvgIpc) is 3.51. The normalized spacial score (nSPS) is 11.0. The number of rotatable bonds is 13. The van der Waals surface area contributed by atoms with Crippen molar-refractivity contribution in [3.63, 3.8) is 0 Å². The second-order valence-corrected chi connectivity index (χ2v) is 10.1. The third kappa shape index (κ3) is 7.46. The number of nitrogens with one attached hydrogen (secondary N) is 4. The Hall–Kier alpha value is -2.58. The summed E-state index contributed by atoms with van der Waals surface area (Å²) in [6, 6.07) is 16.5. The first-order chi connectivity index (χ1) is 16.7. The molecule has 4 N–H and O–H groups in total. The molecule has 0 aliphatic rings. The molecule has 0 aliphatic carbocycles. The van der Waals surface area contributed by atoms with Gasteiger partial charge in [0.05, 0.1) is 23.8 Å². The molecule has 0 spiro atoms. The highest BCUT2D eigenvalue weighted by Gasteiger charge is 2.04. The molecule has 178 valence electrons. The fourth-order valence-electron chi connectivity index (χ4n) is 3.75. The molecule has 8 heteroatoms. The lowest BCUT2D eigenvalue weighted by Crippen LogP contribution is -2.03. The Morgan fingerprint density at radius 1 is 0.559 bits per heavy atom. The zero-order valence-corrected chi connectivity index (χ0v) is 22.3. The van der Waals surface area contributed by atoms with Crippen LogP contribution in [0.2, 0.25) is 0 Å². The maximum Gasteiger partial charge on any atom is 0.200 e. The van der Waals surface area contributed by atoms with Crippen LogP contribution >= 0.6 is 31.9 Å². The molecule has 0 radical (unpaired) electrons. The van der Waals surface area contributed by atoms with Crippen LogP contribution in [0, 0.1) is 0 Å². The first-order valence-electron chi connectivity index (χ1n) is 11.8. The summed E-state index contributed by atoms with van der Waals surface area (Å²) in [6.07, 6.45) is 11.0. The minimum atomic E-state index is 0.838. The van der Waals surface area contributed by atoms with Crippen molar-refractivity contribution in [3.05, 3.63) is 69.9 Å². The van der Waals surface area contributed by atoms with Crippen LogP contribution in [0.15, 0.2) is 69.9 Å². The van der Waals surface area contributed by atoms with Crippen molar-refractivity contribution in [3.8, 4) is 22.5 Å². The van der Waals surface area contributed by atoms with E-state index in [9.17, 15) is 0 Å². The standard InChI is InChI=1S/C26H30Br2N6/c27-21-11-7-19(8-12-21)23-17-31-25(33-23)29-15-5-3-1-2-4-6-16-30-26-32-18-24(34-26)20-9-13-22(28)14-10-20/h7-14,17-18H,1-6,15-16H2,(H2,29,31,33)(H2,30,32,34). The molecule has 0 bridgehead atoms. The molecular weight excluding hydrogens is 556 g/mol. The van der Waals surface area contributed by atoms with E-state index in [0.29, 0.717) is 0 Å². The van der Waals surface area contributed by atoms with Crippen molar-refractivity contribution in [2.75, 3.05) is 23.7 Å². The topological polar surface area (TPSA) is 81.4 Å². The quantitative estimate of drug-likeness (QED) is 0.120. The number of hydrogen-bond donors (Lipinski definition) is 4. The van der Waals surface area contributed by atoms with Gasteiger partial charge in [0.1, 0.15) is 0 Å². The third-order valence-electron chi connectivity index (χ3n) is 5.65. The van der Waals surface area contributed by atoms with Gasteiger partial charge in [-0.15, -0.1) is 0 Å². The number of H-pyrrole nitrogens is 2. The molecule has 6 nitrogen and oxygen atoms in total. The minimum Gasteiger partial charge on any atom is -0.356 e. The Kier molecular flexibility index (Phi) is 9.21. The Morgan fingerprint density at radius 2 is 0.941 bits per heavy atom. The number of aromatic amines is 2. The zero-order valence-electron chi connectivity index (χ0n) is 19.1. The van der Waals surface area contributed by atoms with Gasteiger partial charge in [0.15, 0.2) is 0 Å². The maximum absolute atomic E-state index is 4.43. The third-order valence-corrected chi connectivity index (χ3v) is 6.71. The molecule has 34 heavy (non-hydrogen) atoms. The lowest BCUT2D eigenvalue weighted by atomic mass is 10.1. The van der Waals surface area contributed by atoms with E-state index in [1.165, 1.54) is 25.7 Å². The van der Waals surface area contributed by atoms with Crippen LogP contribution in [-0.4, -0.2) is 33.0 Å². The smallest absolute Gasteiger partial charge is 0.200 e. The Balaban J connectivity index is 1.03. The maximum atomic E-state index is 4.43. The average molecular weight is 586 g/mol. The Labute approximate surface area is 217 Å². The van der Waals surface area contributed by atoms with Crippen molar-refractivity contribution in [1.82, 2.24) is 19.9 Å². The fraction of sp³-hybridized carbons (Fsp3) is 0.308. The van der Waals surface area contributed by atoms with E-state index in [1.807, 2.05) is 36.7 Å². The lowest BCUT2D eigenvalue weighted by Gasteiger charge is -2.05. The van der Waals surface area contributed by atoms with Crippen molar-refractivity contribution in [2.45, 2.75) is 38.5 Å². The molecule has 0 aliphatic heterocycles. The van der Waals surface area contributed by atoms with Crippen molar-refractivity contribution < 1.29 is 0 Å². The zero-order chi connectivity index (χ0) is 23.6. The summed E-state index contributed by atoms with van der Waals surface area (Å²) >= 11 is 6.94. The van der Waals surface area contributed by atoms with E-state index in [-0.39, 0.29) is 0 Å². The van der Waals surface area contributed by atoms with Crippen LogP contribution in [0.4, 0.5) is 11.9 Å². The highest BCUT2D eigenvalue weighted by molar-refractivity contribution is 9.10. The summed E-state index contributed by atoms with van der Waals surface area (Å²) in [5, 5.41) is 6.79. The first kappa shape index (κ1) is 24.5. The molecule has 2 heterocycles. The molecule has 0 saturated heterocycles. The number of aromatic nitrogens is 4. The van der Waals surface area contributed by atoms with E-state index < -0.39 is 0 Å². The molecule has 2 aromatic carbocycles. The van der Waals surface area contributed by atoms with E-state index in [1.54, 1.807) is 0 Å². The molecule has 0 fully saturated rings. The molecule has 4 rings (SSSR count). The highest BCUT2D eigenvalue weighted by Crippen LogP contribution is 2.22. The second-order valence-electron chi connectivity index (χ2n) is 8.28. The van der Waals surface area contributed by atoms with Crippen molar-refractivity contribution in [1.29, 1.82) is 0 Å². The fourth-order valence-corrected chi connectivity index (χ4v) is 4.27. The summed E-state index contributed by atoms with van der Waals surface area (Å²) in [5.74, 6) is 1.68. The predicted octanol–water partition coefficient (Wildman–Crippen LogP) is 7.86. The van der Waals surface area contributed by atoms with Gasteiger partial charge in [-0.25, -0.2) is 9.97 Å². The molecule has 4 aromatic rings. The SMILES string of the molecule is Brc1ccc(-c2cnc(NCCCCCCCCNc3ncc(-c4ccc(Br)cc4)[nH]3)[nH]2)cc1. The largest absolute Gasteiger partial charge is 0.356 e.